The lowest BCUT2D eigenvalue weighted by Gasteiger charge is -2.36. The van der Waals surface area contributed by atoms with Gasteiger partial charge >= 0.3 is 0 Å². The van der Waals surface area contributed by atoms with Crippen molar-refractivity contribution in [1.82, 2.24) is 10.2 Å². The minimum atomic E-state index is -0.479. The highest BCUT2D eigenvalue weighted by atomic mass is 32.2. The van der Waals surface area contributed by atoms with E-state index in [1.165, 1.54) is 0 Å². The maximum absolute atomic E-state index is 9.42. The Morgan fingerprint density at radius 2 is 1.72 bits per heavy atom. The largest absolute Gasteiger partial charge is 0.392 e. The molecule has 0 saturated carbocycles. The van der Waals surface area contributed by atoms with E-state index in [4.69, 9.17) is 15.2 Å². The van der Waals surface area contributed by atoms with Crippen LogP contribution in [0.2, 0.25) is 0 Å². The molecule has 8 heteroatoms. The van der Waals surface area contributed by atoms with Crippen molar-refractivity contribution >= 4 is 23.1 Å². The number of hydrogen-bond acceptors (Lipinski definition) is 8. The molecule has 4 aromatic rings. The molecule has 5 rings (SSSR count). The van der Waals surface area contributed by atoms with E-state index in [-0.39, 0.29) is 18.8 Å². The Bertz CT molecular complexity index is 1280. The van der Waals surface area contributed by atoms with Crippen LogP contribution >= 0.6 is 23.1 Å². The number of aryl methyl sites for hydroxylation is 1. The van der Waals surface area contributed by atoms with Gasteiger partial charge in [0.25, 0.3) is 0 Å². The molecule has 6 nitrogen and oxygen atoms in total. The summed E-state index contributed by atoms with van der Waals surface area (Å²) in [6, 6.07) is 24.6. The fourth-order valence-electron chi connectivity index (χ4n) is 4.23. The van der Waals surface area contributed by atoms with Gasteiger partial charge in [0, 0.05) is 24.3 Å². The van der Waals surface area contributed by atoms with Gasteiger partial charge in [-0.3, -0.25) is 0 Å². The summed E-state index contributed by atoms with van der Waals surface area (Å²) < 4.78 is 13.9. The summed E-state index contributed by atoms with van der Waals surface area (Å²) in [6.07, 6.45) is 0.136. The third-order valence-electron chi connectivity index (χ3n) is 6.19. The van der Waals surface area contributed by atoms with Gasteiger partial charge in [-0.15, -0.1) is 10.2 Å². The van der Waals surface area contributed by atoms with Crippen LogP contribution in [0.4, 0.5) is 0 Å². The van der Waals surface area contributed by atoms with Crippen molar-refractivity contribution in [3.05, 3.63) is 100 Å². The zero-order valence-corrected chi connectivity index (χ0v) is 21.7. The molecule has 0 aliphatic carbocycles. The smallest absolute Gasteiger partial charge is 0.184 e. The SMILES string of the molecule is Cc1nnc(SC[C@@H]2C[C@H](c3ccc(CO)cc3)O[C@H](c3ccc(-c4cccc(CN)c4)cc3)O2)s1. The van der Waals surface area contributed by atoms with Crippen LogP contribution in [0, 0.1) is 6.92 Å². The van der Waals surface area contributed by atoms with Crippen LogP contribution in [0.25, 0.3) is 11.1 Å². The number of rotatable bonds is 8. The lowest BCUT2D eigenvalue weighted by atomic mass is 9.99. The van der Waals surface area contributed by atoms with Crippen LogP contribution in [0.5, 0.6) is 0 Å². The van der Waals surface area contributed by atoms with Crippen molar-refractivity contribution in [3.8, 4) is 11.1 Å². The quantitative estimate of drug-likeness (QED) is 0.284. The number of hydrogen-bond donors (Lipinski definition) is 2. The van der Waals surface area contributed by atoms with Crippen LogP contribution in [0.3, 0.4) is 0 Å². The molecule has 3 N–H and O–H groups in total. The second kappa shape index (κ2) is 11.6. The van der Waals surface area contributed by atoms with Crippen LogP contribution in [0.1, 0.15) is 46.1 Å². The summed E-state index contributed by atoms with van der Waals surface area (Å²) in [4.78, 5) is 0. The monoisotopic (exact) mass is 519 g/mol. The molecule has 1 fully saturated rings. The number of benzene rings is 3. The molecule has 1 aliphatic rings. The first-order valence-electron chi connectivity index (χ1n) is 11.9. The summed E-state index contributed by atoms with van der Waals surface area (Å²) in [6.45, 7) is 2.51. The van der Waals surface area contributed by atoms with Crippen molar-refractivity contribution in [2.75, 3.05) is 5.75 Å². The third-order valence-corrected chi connectivity index (χ3v) is 8.30. The Labute approximate surface area is 219 Å². The number of nitrogens with zero attached hydrogens (tertiary/aromatic N) is 2. The van der Waals surface area contributed by atoms with Crippen molar-refractivity contribution < 1.29 is 14.6 Å². The second-order valence-corrected chi connectivity index (χ2v) is 11.2. The highest BCUT2D eigenvalue weighted by Crippen LogP contribution is 2.40. The minimum absolute atomic E-state index is 0.0126. The minimum Gasteiger partial charge on any atom is -0.392 e. The molecular weight excluding hydrogens is 490 g/mol. The van der Waals surface area contributed by atoms with Crippen LogP contribution < -0.4 is 5.73 Å². The first-order valence-corrected chi connectivity index (χ1v) is 13.7. The van der Waals surface area contributed by atoms with E-state index in [0.29, 0.717) is 6.54 Å². The summed E-state index contributed by atoms with van der Waals surface area (Å²) in [5.74, 6) is 0.768. The Morgan fingerprint density at radius 3 is 2.42 bits per heavy atom. The lowest BCUT2D eigenvalue weighted by molar-refractivity contribution is -0.245. The standard InChI is InChI=1S/C28H29N3O3S2/c1-18-30-31-28(36-18)35-17-25-14-26(22-7-5-19(16-32)6-8-22)34-27(33-25)23-11-9-21(10-12-23)24-4-2-3-20(13-24)15-29/h2-13,25-27,32H,14-17,29H2,1H3/t25-,26+,27+/m0/s1. The number of nitrogens with two attached hydrogens (primary N) is 1. The average Bonchev–Trinajstić information content (AvgIpc) is 3.37. The molecule has 1 saturated heterocycles. The van der Waals surface area contributed by atoms with Crippen molar-refractivity contribution in [3.63, 3.8) is 0 Å². The van der Waals surface area contributed by atoms with Crippen molar-refractivity contribution in [1.29, 1.82) is 0 Å². The van der Waals surface area contributed by atoms with Gasteiger partial charge in [0.1, 0.15) is 5.01 Å². The number of thioether (sulfide) groups is 1. The van der Waals surface area contributed by atoms with Crippen molar-refractivity contribution in [2.24, 2.45) is 5.73 Å². The molecule has 2 heterocycles. The fraction of sp³-hybridized carbons (Fsp3) is 0.286. The molecule has 0 amide bonds. The number of aromatic nitrogens is 2. The maximum Gasteiger partial charge on any atom is 0.184 e. The van der Waals surface area contributed by atoms with Gasteiger partial charge in [0.05, 0.1) is 18.8 Å². The first kappa shape index (κ1) is 25.1. The Kier molecular flexibility index (Phi) is 8.11. The highest BCUT2D eigenvalue weighted by Gasteiger charge is 2.32. The predicted molar refractivity (Wildman–Crippen MR) is 144 cm³/mol. The number of aliphatic hydroxyl groups is 1. The summed E-state index contributed by atoms with van der Waals surface area (Å²) in [5, 5.41) is 18.7. The van der Waals surface area contributed by atoms with E-state index in [0.717, 1.165) is 54.9 Å². The second-order valence-electron chi connectivity index (χ2n) is 8.77. The molecule has 0 spiro atoms. The van der Waals surface area contributed by atoms with E-state index < -0.39 is 6.29 Å². The molecule has 1 aliphatic heterocycles. The summed E-state index contributed by atoms with van der Waals surface area (Å²) >= 11 is 3.27. The van der Waals surface area contributed by atoms with E-state index >= 15 is 0 Å². The lowest BCUT2D eigenvalue weighted by Crippen LogP contribution is -2.31. The zero-order valence-electron chi connectivity index (χ0n) is 20.0. The Morgan fingerprint density at radius 1 is 0.944 bits per heavy atom. The molecule has 3 aromatic carbocycles. The fourth-order valence-corrected chi connectivity index (χ4v) is 6.09. The van der Waals surface area contributed by atoms with Crippen LogP contribution in [-0.4, -0.2) is 27.2 Å². The average molecular weight is 520 g/mol. The van der Waals surface area contributed by atoms with Crippen LogP contribution in [0.15, 0.2) is 77.1 Å². The molecule has 36 heavy (non-hydrogen) atoms. The van der Waals surface area contributed by atoms with Gasteiger partial charge in [-0.2, -0.15) is 0 Å². The van der Waals surface area contributed by atoms with Crippen LogP contribution in [-0.2, 0) is 22.6 Å². The predicted octanol–water partition coefficient (Wildman–Crippen LogP) is 5.80. The van der Waals surface area contributed by atoms with Gasteiger partial charge in [-0.1, -0.05) is 89.8 Å². The third kappa shape index (κ3) is 6.03. The van der Waals surface area contributed by atoms with Gasteiger partial charge in [0.15, 0.2) is 10.6 Å². The van der Waals surface area contributed by atoms with Crippen molar-refractivity contribution in [2.45, 2.75) is 49.3 Å². The molecule has 1 aromatic heterocycles. The summed E-state index contributed by atoms with van der Waals surface area (Å²) in [7, 11) is 0. The Balaban J connectivity index is 1.36. The normalized spacial score (nSPS) is 19.9. The molecule has 0 unspecified atom stereocenters. The number of aliphatic hydroxyl groups excluding tert-OH is 1. The summed E-state index contributed by atoms with van der Waals surface area (Å²) in [5.41, 5.74) is 12.1. The van der Waals surface area contributed by atoms with E-state index in [1.807, 2.05) is 43.3 Å². The molecule has 0 bridgehead atoms. The topological polar surface area (TPSA) is 90.5 Å². The molecule has 0 radical (unpaired) electrons. The van der Waals surface area contributed by atoms with E-state index in [1.54, 1.807) is 23.1 Å². The van der Waals surface area contributed by atoms with Gasteiger partial charge in [0.2, 0.25) is 0 Å². The first-order chi connectivity index (χ1) is 17.6. The molecular formula is C28H29N3O3S2. The molecule has 186 valence electrons. The van der Waals surface area contributed by atoms with E-state index in [9.17, 15) is 5.11 Å². The number of ether oxygens (including phenoxy) is 2. The zero-order chi connectivity index (χ0) is 24.9. The Hall–Kier alpha value is -2.59. The highest BCUT2D eigenvalue weighted by molar-refractivity contribution is 8.01. The van der Waals surface area contributed by atoms with Gasteiger partial charge < -0.3 is 20.3 Å². The van der Waals surface area contributed by atoms with Gasteiger partial charge in [-0.25, -0.2) is 0 Å². The van der Waals surface area contributed by atoms with E-state index in [2.05, 4.69) is 46.6 Å². The maximum atomic E-state index is 9.42. The molecule has 3 atom stereocenters. The van der Waals surface area contributed by atoms with Gasteiger partial charge in [-0.05, 0) is 40.8 Å².